The fourth-order valence-electron chi connectivity index (χ4n) is 4.47. The van der Waals surface area contributed by atoms with Gasteiger partial charge in [-0.05, 0) is 57.3 Å². The van der Waals surface area contributed by atoms with E-state index in [-0.39, 0.29) is 17.4 Å². The molecule has 1 saturated heterocycles. The molecular formula is C28H36N2O6. The third kappa shape index (κ3) is 5.49. The van der Waals surface area contributed by atoms with Crippen LogP contribution in [0.1, 0.15) is 44.9 Å². The third-order valence-electron chi connectivity index (χ3n) is 6.32. The maximum Gasteiger partial charge on any atom is 0.295 e. The van der Waals surface area contributed by atoms with Crippen LogP contribution in [0, 0.1) is 0 Å². The first-order valence-electron chi connectivity index (χ1n) is 12.3. The summed E-state index contributed by atoms with van der Waals surface area (Å²) in [7, 11) is 3.04. The molecule has 2 aromatic carbocycles. The van der Waals surface area contributed by atoms with Crippen molar-refractivity contribution in [2.24, 2.45) is 0 Å². The van der Waals surface area contributed by atoms with E-state index >= 15 is 0 Å². The van der Waals surface area contributed by atoms with E-state index in [9.17, 15) is 14.7 Å². The molecule has 1 amide bonds. The molecule has 1 aliphatic rings. The Bertz CT molecular complexity index is 1110. The van der Waals surface area contributed by atoms with Crippen LogP contribution in [0.5, 0.6) is 17.2 Å². The van der Waals surface area contributed by atoms with Gasteiger partial charge in [0.15, 0.2) is 11.5 Å². The number of amides is 1. The van der Waals surface area contributed by atoms with E-state index in [0.29, 0.717) is 41.5 Å². The molecule has 0 bridgehead atoms. The molecule has 0 spiro atoms. The number of carbonyl (C=O) groups excluding carboxylic acids is 2. The van der Waals surface area contributed by atoms with Gasteiger partial charge in [0, 0.05) is 24.2 Å². The lowest BCUT2D eigenvalue weighted by atomic mass is 9.94. The van der Waals surface area contributed by atoms with Crippen LogP contribution in [0.3, 0.4) is 0 Å². The number of rotatable bonds is 11. The minimum Gasteiger partial charge on any atom is -0.507 e. The number of hydrogen-bond donors (Lipinski definition) is 1. The molecule has 0 saturated carbocycles. The Balaban J connectivity index is 2.15. The lowest BCUT2D eigenvalue weighted by molar-refractivity contribution is -0.140. The number of ketones is 1. The molecule has 2 aromatic rings. The Morgan fingerprint density at radius 1 is 1.03 bits per heavy atom. The van der Waals surface area contributed by atoms with E-state index in [2.05, 4.69) is 4.90 Å². The zero-order valence-corrected chi connectivity index (χ0v) is 21.9. The maximum absolute atomic E-state index is 13.3. The van der Waals surface area contributed by atoms with Gasteiger partial charge in [0.2, 0.25) is 0 Å². The van der Waals surface area contributed by atoms with Crippen LogP contribution in [-0.2, 0) is 9.59 Å². The summed E-state index contributed by atoms with van der Waals surface area (Å²) in [5.41, 5.74) is 1.00. The van der Waals surface area contributed by atoms with E-state index in [4.69, 9.17) is 14.2 Å². The Hall–Kier alpha value is -3.52. The van der Waals surface area contributed by atoms with Gasteiger partial charge in [0.25, 0.3) is 11.7 Å². The van der Waals surface area contributed by atoms with Gasteiger partial charge in [-0.15, -0.1) is 0 Å². The summed E-state index contributed by atoms with van der Waals surface area (Å²) in [6.07, 6.45) is 0.00102. The Kier molecular flexibility index (Phi) is 8.98. The molecule has 1 N–H and O–H groups in total. The molecule has 194 valence electrons. The third-order valence-corrected chi connectivity index (χ3v) is 6.32. The van der Waals surface area contributed by atoms with Crippen molar-refractivity contribution in [2.45, 2.75) is 39.8 Å². The predicted octanol–water partition coefficient (Wildman–Crippen LogP) is 4.25. The Labute approximate surface area is 213 Å². The first-order chi connectivity index (χ1) is 17.3. The summed E-state index contributed by atoms with van der Waals surface area (Å²) in [6, 6.07) is 11.3. The zero-order chi connectivity index (χ0) is 26.4. The van der Waals surface area contributed by atoms with Crippen LogP contribution in [0.2, 0.25) is 0 Å². The van der Waals surface area contributed by atoms with Crippen molar-refractivity contribution < 1.29 is 28.9 Å². The van der Waals surface area contributed by atoms with E-state index in [0.717, 1.165) is 13.1 Å². The van der Waals surface area contributed by atoms with Crippen LogP contribution < -0.4 is 14.2 Å². The molecule has 1 fully saturated rings. The van der Waals surface area contributed by atoms with E-state index in [1.54, 1.807) is 42.5 Å². The van der Waals surface area contributed by atoms with Crippen molar-refractivity contribution in [3.8, 4) is 17.2 Å². The van der Waals surface area contributed by atoms with Gasteiger partial charge < -0.3 is 29.1 Å². The summed E-state index contributed by atoms with van der Waals surface area (Å²) in [5, 5.41) is 11.3. The molecule has 1 heterocycles. The maximum atomic E-state index is 13.3. The number of hydrogen-bond acceptors (Lipinski definition) is 7. The lowest BCUT2D eigenvalue weighted by Crippen LogP contribution is -2.38. The SMILES string of the molecule is CCN(CC)CCN1C(=O)C(=O)C(=C(O)c2ccc(OC(C)C)cc2)C1c1cccc(OC)c1OC. The molecule has 0 aliphatic carbocycles. The van der Waals surface area contributed by atoms with Gasteiger partial charge in [-0.25, -0.2) is 0 Å². The zero-order valence-electron chi connectivity index (χ0n) is 21.9. The van der Waals surface area contributed by atoms with Gasteiger partial charge in [0.05, 0.1) is 31.9 Å². The van der Waals surface area contributed by atoms with Crippen molar-refractivity contribution in [3.05, 3.63) is 59.2 Å². The number of methoxy groups -OCH3 is 2. The van der Waals surface area contributed by atoms with Crippen LogP contribution in [0.15, 0.2) is 48.0 Å². The Morgan fingerprint density at radius 3 is 2.25 bits per heavy atom. The largest absolute Gasteiger partial charge is 0.507 e. The smallest absolute Gasteiger partial charge is 0.295 e. The van der Waals surface area contributed by atoms with Gasteiger partial charge in [-0.3, -0.25) is 9.59 Å². The summed E-state index contributed by atoms with van der Waals surface area (Å²) in [4.78, 5) is 30.3. The number of para-hydroxylation sites is 1. The molecule has 1 atom stereocenters. The molecule has 0 aromatic heterocycles. The summed E-state index contributed by atoms with van der Waals surface area (Å²) in [5.74, 6) is -0.106. The number of aliphatic hydroxyl groups excluding tert-OH is 1. The second-order valence-electron chi connectivity index (χ2n) is 8.79. The molecule has 36 heavy (non-hydrogen) atoms. The number of likely N-dealkylation sites (tertiary alicyclic amines) is 1. The van der Waals surface area contributed by atoms with Crippen molar-refractivity contribution in [1.29, 1.82) is 0 Å². The molecule has 1 unspecified atom stereocenters. The predicted molar refractivity (Wildman–Crippen MR) is 139 cm³/mol. The Morgan fingerprint density at radius 2 is 1.69 bits per heavy atom. The van der Waals surface area contributed by atoms with Crippen molar-refractivity contribution >= 4 is 17.4 Å². The lowest BCUT2D eigenvalue weighted by Gasteiger charge is -2.29. The molecule has 1 aliphatic heterocycles. The van der Waals surface area contributed by atoms with Crippen molar-refractivity contribution in [2.75, 3.05) is 40.4 Å². The highest BCUT2D eigenvalue weighted by Crippen LogP contribution is 2.45. The number of likely N-dealkylation sites (N-methyl/N-ethyl adjacent to an activating group) is 1. The highest BCUT2D eigenvalue weighted by atomic mass is 16.5. The highest BCUT2D eigenvalue weighted by molar-refractivity contribution is 6.46. The average molecular weight is 497 g/mol. The van der Waals surface area contributed by atoms with Crippen molar-refractivity contribution in [3.63, 3.8) is 0 Å². The van der Waals surface area contributed by atoms with E-state index in [1.165, 1.54) is 19.1 Å². The summed E-state index contributed by atoms with van der Waals surface area (Å²) < 4.78 is 16.8. The van der Waals surface area contributed by atoms with E-state index in [1.807, 2.05) is 27.7 Å². The quantitative estimate of drug-likeness (QED) is 0.283. The van der Waals surface area contributed by atoms with Crippen molar-refractivity contribution in [1.82, 2.24) is 9.80 Å². The molecule has 8 nitrogen and oxygen atoms in total. The minimum absolute atomic E-state index is 0.00102. The standard InChI is InChI=1S/C28H36N2O6/c1-7-29(8-2)16-17-30-24(21-10-9-11-22(34-5)27(21)35-6)23(26(32)28(30)33)25(31)19-12-14-20(15-13-19)36-18(3)4/h9-15,18,24,31H,7-8,16-17H2,1-6H3. The van der Waals surface area contributed by atoms with Gasteiger partial charge in [-0.1, -0.05) is 26.0 Å². The van der Waals surface area contributed by atoms with Crippen LogP contribution in [0.4, 0.5) is 0 Å². The topological polar surface area (TPSA) is 88.5 Å². The minimum atomic E-state index is -0.836. The molecule has 8 heteroatoms. The fourth-order valence-corrected chi connectivity index (χ4v) is 4.47. The second kappa shape index (κ2) is 11.9. The average Bonchev–Trinajstić information content (AvgIpc) is 3.13. The number of ether oxygens (including phenoxy) is 3. The summed E-state index contributed by atoms with van der Waals surface area (Å²) in [6.45, 7) is 10.5. The van der Waals surface area contributed by atoms with Crippen LogP contribution in [-0.4, -0.2) is 73.1 Å². The van der Waals surface area contributed by atoms with Gasteiger partial charge >= 0.3 is 0 Å². The van der Waals surface area contributed by atoms with Crippen LogP contribution >= 0.6 is 0 Å². The van der Waals surface area contributed by atoms with E-state index < -0.39 is 17.7 Å². The number of aliphatic hydroxyl groups is 1. The first-order valence-corrected chi connectivity index (χ1v) is 12.3. The molecule has 0 radical (unpaired) electrons. The molecular weight excluding hydrogens is 460 g/mol. The number of nitrogens with zero attached hydrogens (tertiary/aromatic N) is 2. The van der Waals surface area contributed by atoms with Gasteiger partial charge in [-0.2, -0.15) is 0 Å². The second-order valence-corrected chi connectivity index (χ2v) is 8.79. The molecule has 3 rings (SSSR count). The summed E-state index contributed by atoms with van der Waals surface area (Å²) >= 11 is 0. The number of Topliss-reactive ketones (excluding diaryl/α,β-unsaturated/α-hetero) is 1. The normalized spacial score (nSPS) is 17.2. The number of carbonyl (C=O) groups is 2. The number of benzene rings is 2. The highest BCUT2D eigenvalue weighted by Gasteiger charge is 2.47. The first kappa shape index (κ1) is 27.1. The van der Waals surface area contributed by atoms with Crippen LogP contribution in [0.25, 0.3) is 5.76 Å². The fraction of sp³-hybridized carbons (Fsp3) is 0.429. The monoisotopic (exact) mass is 496 g/mol. The van der Waals surface area contributed by atoms with Gasteiger partial charge in [0.1, 0.15) is 11.5 Å².